The van der Waals surface area contributed by atoms with E-state index in [-0.39, 0.29) is 5.56 Å². The highest BCUT2D eigenvalue weighted by molar-refractivity contribution is 7.15. The number of methoxy groups -OCH3 is 1. The largest absolute Gasteiger partial charge is 0.493 e. The van der Waals surface area contributed by atoms with E-state index in [2.05, 4.69) is 13.8 Å². The first kappa shape index (κ1) is 23.6. The van der Waals surface area contributed by atoms with Crippen LogP contribution in [0, 0.1) is 5.92 Å². The van der Waals surface area contributed by atoms with Gasteiger partial charge < -0.3 is 14.4 Å². The molecule has 0 atom stereocenters. The SMILES string of the molecule is COc1cccc(C=Cc2nc3sccn3c(=O)c2-c2ccc(N(C)C)cc2)c1OCC(C)C. The van der Waals surface area contributed by atoms with Gasteiger partial charge in [-0.1, -0.05) is 38.1 Å². The van der Waals surface area contributed by atoms with Crippen LogP contribution in [0.2, 0.25) is 0 Å². The molecule has 6 nitrogen and oxygen atoms in total. The molecule has 0 aliphatic rings. The minimum absolute atomic E-state index is 0.0922. The molecule has 2 aromatic carbocycles. The first-order chi connectivity index (χ1) is 16.4. The zero-order valence-electron chi connectivity index (χ0n) is 20.1. The lowest BCUT2D eigenvalue weighted by Gasteiger charge is -2.15. The highest BCUT2D eigenvalue weighted by Crippen LogP contribution is 2.33. The number of thiazole rings is 1. The Kier molecular flexibility index (Phi) is 7.03. The third-order valence-corrected chi connectivity index (χ3v) is 6.13. The van der Waals surface area contributed by atoms with Gasteiger partial charge in [-0.25, -0.2) is 4.98 Å². The second-order valence-corrected chi connectivity index (χ2v) is 9.46. The van der Waals surface area contributed by atoms with Crippen molar-refractivity contribution in [3.8, 4) is 22.6 Å². The van der Waals surface area contributed by atoms with E-state index in [0.29, 0.717) is 40.2 Å². The molecule has 0 N–H and O–H groups in total. The number of benzene rings is 2. The molecule has 2 heterocycles. The maximum absolute atomic E-state index is 13.4. The fourth-order valence-electron chi connectivity index (χ4n) is 3.61. The number of ether oxygens (including phenoxy) is 2. The zero-order valence-corrected chi connectivity index (χ0v) is 20.9. The maximum atomic E-state index is 13.4. The lowest BCUT2D eigenvalue weighted by molar-refractivity contribution is 0.256. The zero-order chi connectivity index (χ0) is 24.2. The van der Waals surface area contributed by atoms with Crippen LogP contribution in [-0.2, 0) is 0 Å². The summed E-state index contributed by atoms with van der Waals surface area (Å²) in [5, 5.41) is 1.87. The van der Waals surface area contributed by atoms with Gasteiger partial charge in [0.2, 0.25) is 0 Å². The van der Waals surface area contributed by atoms with Gasteiger partial charge in [0.15, 0.2) is 16.5 Å². The van der Waals surface area contributed by atoms with Gasteiger partial charge in [-0.15, -0.1) is 11.3 Å². The van der Waals surface area contributed by atoms with E-state index in [4.69, 9.17) is 14.5 Å². The molecule has 7 heteroatoms. The Hall–Kier alpha value is -3.58. The molecule has 0 aliphatic carbocycles. The molecule has 0 unspecified atom stereocenters. The molecule has 4 aromatic rings. The molecular weight excluding hydrogens is 446 g/mol. The van der Waals surface area contributed by atoms with Gasteiger partial charge in [0.1, 0.15) is 0 Å². The van der Waals surface area contributed by atoms with Gasteiger partial charge in [-0.2, -0.15) is 0 Å². The number of fused-ring (bicyclic) bond motifs is 1. The molecule has 0 saturated heterocycles. The maximum Gasteiger partial charge on any atom is 0.266 e. The van der Waals surface area contributed by atoms with Crippen LogP contribution in [0.3, 0.4) is 0 Å². The third kappa shape index (κ3) is 4.84. The monoisotopic (exact) mass is 475 g/mol. The summed E-state index contributed by atoms with van der Waals surface area (Å²) in [6.45, 7) is 4.78. The summed E-state index contributed by atoms with van der Waals surface area (Å²) in [4.78, 5) is 20.9. The quantitative estimate of drug-likeness (QED) is 0.327. The molecule has 0 fully saturated rings. The number of rotatable bonds is 8. The van der Waals surface area contributed by atoms with Crippen LogP contribution in [0.4, 0.5) is 5.69 Å². The van der Waals surface area contributed by atoms with Crippen molar-refractivity contribution in [2.45, 2.75) is 13.8 Å². The highest BCUT2D eigenvalue weighted by Gasteiger charge is 2.15. The Balaban J connectivity index is 1.83. The molecule has 0 radical (unpaired) electrons. The Morgan fingerprint density at radius 1 is 1.12 bits per heavy atom. The minimum Gasteiger partial charge on any atom is -0.493 e. The molecule has 0 amide bonds. The summed E-state index contributed by atoms with van der Waals surface area (Å²) in [5.41, 5.74) is 3.83. The molecule has 4 rings (SSSR count). The Morgan fingerprint density at radius 2 is 1.88 bits per heavy atom. The number of hydrogen-bond acceptors (Lipinski definition) is 6. The van der Waals surface area contributed by atoms with Crippen molar-refractivity contribution in [3.63, 3.8) is 0 Å². The van der Waals surface area contributed by atoms with Crippen molar-refractivity contribution in [3.05, 3.63) is 75.7 Å². The van der Waals surface area contributed by atoms with Crippen molar-refractivity contribution in [1.82, 2.24) is 9.38 Å². The molecule has 176 valence electrons. The molecule has 2 aromatic heterocycles. The first-order valence-corrected chi connectivity index (χ1v) is 12.0. The van der Waals surface area contributed by atoms with Gasteiger partial charge in [-0.3, -0.25) is 9.20 Å². The van der Waals surface area contributed by atoms with Crippen molar-refractivity contribution in [1.29, 1.82) is 0 Å². The number of anilines is 1. The minimum atomic E-state index is -0.0922. The predicted molar refractivity (Wildman–Crippen MR) is 141 cm³/mol. The van der Waals surface area contributed by atoms with Gasteiger partial charge in [0.05, 0.1) is 25.0 Å². The number of hydrogen-bond donors (Lipinski definition) is 0. The molecular formula is C27H29N3O3S. The van der Waals surface area contributed by atoms with E-state index in [1.807, 2.05) is 79.0 Å². The lowest BCUT2D eigenvalue weighted by atomic mass is 10.0. The van der Waals surface area contributed by atoms with E-state index in [9.17, 15) is 4.79 Å². The Morgan fingerprint density at radius 3 is 2.56 bits per heavy atom. The smallest absolute Gasteiger partial charge is 0.266 e. The first-order valence-electron chi connectivity index (χ1n) is 11.1. The van der Waals surface area contributed by atoms with Crippen LogP contribution in [0.1, 0.15) is 25.1 Å². The Labute approximate surface area is 203 Å². The highest BCUT2D eigenvalue weighted by atomic mass is 32.1. The number of nitrogens with zero attached hydrogens (tertiary/aromatic N) is 3. The van der Waals surface area contributed by atoms with Crippen LogP contribution < -0.4 is 19.9 Å². The van der Waals surface area contributed by atoms with Crippen LogP contribution in [-0.4, -0.2) is 37.2 Å². The average molecular weight is 476 g/mol. The van der Waals surface area contributed by atoms with Crippen molar-refractivity contribution in [2.24, 2.45) is 5.92 Å². The molecule has 0 spiro atoms. The predicted octanol–water partition coefficient (Wildman–Crippen LogP) is 5.70. The van der Waals surface area contributed by atoms with E-state index in [1.165, 1.54) is 11.3 Å². The summed E-state index contributed by atoms with van der Waals surface area (Å²) in [7, 11) is 5.61. The van der Waals surface area contributed by atoms with Crippen LogP contribution >= 0.6 is 11.3 Å². The molecule has 34 heavy (non-hydrogen) atoms. The topological polar surface area (TPSA) is 56.1 Å². The van der Waals surface area contributed by atoms with Gasteiger partial charge >= 0.3 is 0 Å². The summed E-state index contributed by atoms with van der Waals surface area (Å²) in [5.74, 6) is 1.73. The number of para-hydroxylation sites is 1. The van der Waals surface area contributed by atoms with Gasteiger partial charge in [0.25, 0.3) is 5.56 Å². The van der Waals surface area contributed by atoms with E-state index < -0.39 is 0 Å². The summed E-state index contributed by atoms with van der Waals surface area (Å²) >= 11 is 1.43. The summed E-state index contributed by atoms with van der Waals surface area (Å²) in [6.07, 6.45) is 5.58. The Bertz CT molecular complexity index is 1370. The van der Waals surface area contributed by atoms with E-state index in [0.717, 1.165) is 16.8 Å². The van der Waals surface area contributed by atoms with Crippen LogP contribution in [0.15, 0.2) is 58.8 Å². The standard InChI is InChI=1S/C27H29N3O3S/c1-18(2)17-33-25-20(7-6-8-23(25)32-5)11-14-22-24(19-9-12-21(13-10-19)29(3)4)26(31)30-15-16-34-27(30)28-22/h6-16,18H,17H2,1-5H3. The van der Waals surface area contributed by atoms with Crippen LogP contribution in [0.5, 0.6) is 11.5 Å². The number of aromatic nitrogens is 2. The average Bonchev–Trinajstić information content (AvgIpc) is 3.30. The molecule has 0 bridgehead atoms. The normalized spacial score (nSPS) is 11.5. The second-order valence-electron chi connectivity index (χ2n) is 8.59. The fourth-order valence-corrected chi connectivity index (χ4v) is 4.33. The molecule has 0 aliphatic heterocycles. The molecule has 0 saturated carbocycles. The van der Waals surface area contributed by atoms with Crippen molar-refractivity contribution < 1.29 is 9.47 Å². The van der Waals surface area contributed by atoms with Gasteiger partial charge in [0, 0.05) is 36.9 Å². The summed E-state index contributed by atoms with van der Waals surface area (Å²) < 4.78 is 13.2. The van der Waals surface area contributed by atoms with E-state index >= 15 is 0 Å². The van der Waals surface area contributed by atoms with Crippen LogP contribution in [0.25, 0.3) is 28.2 Å². The van der Waals surface area contributed by atoms with Crippen molar-refractivity contribution in [2.75, 3.05) is 32.7 Å². The second kappa shape index (κ2) is 10.1. The fraction of sp³-hybridized carbons (Fsp3) is 0.259. The van der Waals surface area contributed by atoms with Crippen molar-refractivity contribution >= 4 is 34.1 Å². The lowest BCUT2D eigenvalue weighted by Crippen LogP contribution is -2.17. The summed E-state index contributed by atoms with van der Waals surface area (Å²) in [6, 6.07) is 13.7. The van der Waals surface area contributed by atoms with E-state index in [1.54, 1.807) is 17.7 Å². The van der Waals surface area contributed by atoms with Gasteiger partial charge in [-0.05, 0) is 41.8 Å². The third-order valence-electron chi connectivity index (χ3n) is 5.38.